The molecular formula is C15H16N2O2. The van der Waals surface area contributed by atoms with E-state index >= 15 is 0 Å². The summed E-state index contributed by atoms with van der Waals surface area (Å²) < 4.78 is 0. The number of likely N-dealkylation sites (N-methyl/N-ethyl adjacent to an activating group) is 1. The van der Waals surface area contributed by atoms with Crippen LogP contribution in [0.15, 0.2) is 54.6 Å². The first kappa shape index (κ1) is 13.2. The van der Waals surface area contributed by atoms with E-state index in [4.69, 9.17) is 0 Å². The second-order valence-corrected chi connectivity index (χ2v) is 4.34. The van der Waals surface area contributed by atoms with E-state index < -0.39 is 0 Å². The van der Waals surface area contributed by atoms with Gasteiger partial charge in [0.2, 0.25) is 0 Å². The highest BCUT2D eigenvalue weighted by atomic mass is 16.6. The Morgan fingerprint density at radius 3 is 2.37 bits per heavy atom. The van der Waals surface area contributed by atoms with E-state index in [1.165, 1.54) is 0 Å². The van der Waals surface area contributed by atoms with E-state index in [-0.39, 0.29) is 16.7 Å². The molecule has 0 saturated heterocycles. The molecule has 0 heterocycles. The highest BCUT2D eigenvalue weighted by Crippen LogP contribution is 2.24. The summed E-state index contributed by atoms with van der Waals surface area (Å²) in [7, 11) is 1.87. The summed E-state index contributed by atoms with van der Waals surface area (Å²) in [5, 5.41) is 14.2. The van der Waals surface area contributed by atoms with Crippen molar-refractivity contribution in [2.75, 3.05) is 7.05 Å². The lowest BCUT2D eigenvalue weighted by molar-refractivity contribution is -0.385. The molecule has 0 bridgehead atoms. The Kier molecular flexibility index (Phi) is 4.26. The third-order valence-corrected chi connectivity index (χ3v) is 3.16. The molecule has 4 heteroatoms. The van der Waals surface area contributed by atoms with Crippen LogP contribution in [-0.4, -0.2) is 12.0 Å². The van der Waals surface area contributed by atoms with E-state index in [0.29, 0.717) is 6.42 Å². The summed E-state index contributed by atoms with van der Waals surface area (Å²) in [4.78, 5) is 10.7. The molecule has 2 aromatic rings. The molecule has 2 aromatic carbocycles. The van der Waals surface area contributed by atoms with E-state index in [1.807, 2.05) is 49.5 Å². The molecule has 0 radical (unpaired) electrons. The number of benzene rings is 2. The Morgan fingerprint density at radius 2 is 1.74 bits per heavy atom. The summed E-state index contributed by atoms with van der Waals surface area (Å²) in [5.74, 6) is 0. The van der Waals surface area contributed by atoms with Gasteiger partial charge < -0.3 is 5.32 Å². The Bertz CT molecular complexity index is 555. The molecule has 19 heavy (non-hydrogen) atoms. The zero-order valence-electron chi connectivity index (χ0n) is 10.7. The highest BCUT2D eigenvalue weighted by molar-refractivity contribution is 5.41. The lowest BCUT2D eigenvalue weighted by Crippen LogP contribution is -2.19. The third kappa shape index (κ3) is 3.17. The summed E-state index contributed by atoms with van der Waals surface area (Å²) in [5.41, 5.74) is 2.05. The third-order valence-electron chi connectivity index (χ3n) is 3.16. The van der Waals surface area contributed by atoms with Gasteiger partial charge in [0.1, 0.15) is 0 Å². The van der Waals surface area contributed by atoms with Gasteiger partial charge in [-0.25, -0.2) is 0 Å². The van der Waals surface area contributed by atoms with Crippen molar-refractivity contribution in [3.63, 3.8) is 0 Å². The van der Waals surface area contributed by atoms with Gasteiger partial charge in [-0.15, -0.1) is 0 Å². The average molecular weight is 256 g/mol. The molecule has 98 valence electrons. The Balaban J connectivity index is 2.27. The van der Waals surface area contributed by atoms with Crippen molar-refractivity contribution in [3.05, 3.63) is 75.8 Å². The molecule has 0 spiro atoms. The van der Waals surface area contributed by atoms with Crippen LogP contribution < -0.4 is 5.32 Å². The molecule has 0 aliphatic carbocycles. The summed E-state index contributed by atoms with van der Waals surface area (Å²) in [6.45, 7) is 0. The molecule has 0 aliphatic heterocycles. The number of nitro groups is 1. The summed E-state index contributed by atoms with van der Waals surface area (Å²) in [6.07, 6.45) is 0.595. The minimum Gasteiger partial charge on any atom is -0.313 e. The van der Waals surface area contributed by atoms with Gasteiger partial charge in [-0.05, 0) is 19.0 Å². The van der Waals surface area contributed by atoms with Gasteiger partial charge in [-0.1, -0.05) is 48.5 Å². The monoisotopic (exact) mass is 256 g/mol. The summed E-state index contributed by atoms with van der Waals surface area (Å²) in [6, 6.07) is 16.9. The fourth-order valence-electron chi connectivity index (χ4n) is 2.15. The Morgan fingerprint density at radius 1 is 1.11 bits per heavy atom. The van der Waals surface area contributed by atoms with Gasteiger partial charge in [0.05, 0.1) is 4.92 Å². The largest absolute Gasteiger partial charge is 0.313 e. The topological polar surface area (TPSA) is 55.2 Å². The van der Waals surface area contributed by atoms with Crippen LogP contribution in [0.4, 0.5) is 5.69 Å². The minimum atomic E-state index is -0.326. The number of nitrogens with one attached hydrogen (secondary N) is 1. The zero-order chi connectivity index (χ0) is 13.7. The first-order valence-electron chi connectivity index (χ1n) is 6.17. The summed E-state index contributed by atoms with van der Waals surface area (Å²) >= 11 is 0. The smallest absolute Gasteiger partial charge is 0.272 e. The molecule has 0 aliphatic rings. The first-order chi connectivity index (χ1) is 9.22. The lowest BCUT2D eigenvalue weighted by atomic mass is 9.98. The van der Waals surface area contributed by atoms with Crippen LogP contribution in [-0.2, 0) is 6.42 Å². The maximum Gasteiger partial charge on any atom is 0.272 e. The van der Waals surface area contributed by atoms with Crippen LogP contribution in [0.3, 0.4) is 0 Å². The van der Waals surface area contributed by atoms with Crippen LogP contribution in [0.25, 0.3) is 0 Å². The molecule has 1 unspecified atom stereocenters. The number of hydrogen-bond acceptors (Lipinski definition) is 3. The predicted octanol–water partition coefficient (Wildman–Crippen LogP) is 3.10. The maximum absolute atomic E-state index is 11.0. The van der Waals surface area contributed by atoms with Gasteiger partial charge in [-0.2, -0.15) is 0 Å². The second-order valence-electron chi connectivity index (χ2n) is 4.34. The molecule has 0 amide bonds. The van der Waals surface area contributed by atoms with Gasteiger partial charge in [-0.3, -0.25) is 10.1 Å². The number of para-hydroxylation sites is 1. The molecule has 4 nitrogen and oxygen atoms in total. The van der Waals surface area contributed by atoms with E-state index in [9.17, 15) is 10.1 Å². The van der Waals surface area contributed by atoms with Crippen LogP contribution in [0.2, 0.25) is 0 Å². The number of rotatable bonds is 5. The van der Waals surface area contributed by atoms with Crippen molar-refractivity contribution in [2.24, 2.45) is 0 Å². The molecule has 0 aromatic heterocycles. The van der Waals surface area contributed by atoms with Crippen molar-refractivity contribution >= 4 is 5.69 Å². The number of hydrogen-bond donors (Lipinski definition) is 1. The maximum atomic E-state index is 11.0. The fourth-order valence-corrected chi connectivity index (χ4v) is 2.15. The number of nitrogens with zero attached hydrogens (tertiary/aromatic N) is 1. The quantitative estimate of drug-likeness (QED) is 0.660. The van der Waals surface area contributed by atoms with Crippen LogP contribution >= 0.6 is 0 Å². The van der Waals surface area contributed by atoms with E-state index in [2.05, 4.69) is 5.32 Å². The standard InChI is InChI=1S/C15H16N2O2/c1-16-14(12-7-3-2-4-8-12)11-13-9-5-6-10-15(13)17(18)19/h2-10,14,16H,11H2,1H3. The normalized spacial score (nSPS) is 12.1. The zero-order valence-corrected chi connectivity index (χ0v) is 10.7. The highest BCUT2D eigenvalue weighted by Gasteiger charge is 2.17. The van der Waals surface area contributed by atoms with Crippen molar-refractivity contribution in [1.82, 2.24) is 5.32 Å². The van der Waals surface area contributed by atoms with Gasteiger partial charge in [0, 0.05) is 17.7 Å². The molecule has 1 N–H and O–H groups in total. The van der Waals surface area contributed by atoms with Crippen LogP contribution in [0.5, 0.6) is 0 Å². The van der Waals surface area contributed by atoms with Gasteiger partial charge in [0.15, 0.2) is 0 Å². The van der Waals surface area contributed by atoms with E-state index in [0.717, 1.165) is 11.1 Å². The van der Waals surface area contributed by atoms with E-state index in [1.54, 1.807) is 12.1 Å². The minimum absolute atomic E-state index is 0.0716. The van der Waals surface area contributed by atoms with Crippen molar-refractivity contribution in [2.45, 2.75) is 12.5 Å². The average Bonchev–Trinajstić information content (AvgIpc) is 2.46. The van der Waals surface area contributed by atoms with Gasteiger partial charge >= 0.3 is 0 Å². The molecule has 2 rings (SSSR count). The second kappa shape index (κ2) is 6.11. The fraction of sp³-hybridized carbons (Fsp3) is 0.200. The Hall–Kier alpha value is -2.20. The molecule has 0 saturated carbocycles. The molecule has 0 fully saturated rings. The van der Waals surface area contributed by atoms with Crippen LogP contribution in [0, 0.1) is 10.1 Å². The first-order valence-corrected chi connectivity index (χ1v) is 6.17. The molecular weight excluding hydrogens is 240 g/mol. The number of nitro benzene ring substituents is 1. The van der Waals surface area contributed by atoms with Crippen LogP contribution in [0.1, 0.15) is 17.2 Å². The predicted molar refractivity (Wildman–Crippen MR) is 75.0 cm³/mol. The van der Waals surface area contributed by atoms with Crippen molar-refractivity contribution in [1.29, 1.82) is 0 Å². The SMILES string of the molecule is CNC(Cc1ccccc1[N+](=O)[O-])c1ccccc1. The lowest BCUT2D eigenvalue weighted by Gasteiger charge is -2.16. The Labute approximate surface area is 112 Å². The van der Waals surface area contributed by atoms with Crippen molar-refractivity contribution < 1.29 is 4.92 Å². The molecule has 1 atom stereocenters. The van der Waals surface area contributed by atoms with Crippen molar-refractivity contribution in [3.8, 4) is 0 Å². The van der Waals surface area contributed by atoms with Gasteiger partial charge in [0.25, 0.3) is 5.69 Å².